The van der Waals surface area contributed by atoms with Crippen LogP contribution in [0.2, 0.25) is 5.02 Å². The number of benzene rings is 1. The van der Waals surface area contributed by atoms with Crippen molar-refractivity contribution in [1.29, 1.82) is 0 Å². The first-order chi connectivity index (χ1) is 13.5. The van der Waals surface area contributed by atoms with Crippen molar-refractivity contribution in [2.45, 2.75) is 19.4 Å². The maximum Gasteiger partial charge on any atom is 0.242 e. The molecular weight excluding hydrogens is 503 g/mol. The summed E-state index contributed by atoms with van der Waals surface area (Å²) in [6.45, 7) is 3.21. The van der Waals surface area contributed by atoms with Gasteiger partial charge < -0.3 is 15.1 Å². The molecule has 1 aliphatic heterocycles. The number of hydrogen-bond acceptors (Lipinski definition) is 3. The van der Waals surface area contributed by atoms with Crippen LogP contribution < -0.4 is 5.32 Å². The number of nitrogens with one attached hydrogen (secondary N) is 1. The van der Waals surface area contributed by atoms with Crippen LogP contribution in [0.25, 0.3) is 0 Å². The zero-order valence-electron chi connectivity index (χ0n) is 16.8. The summed E-state index contributed by atoms with van der Waals surface area (Å²) < 4.78 is 1.82. The summed E-state index contributed by atoms with van der Waals surface area (Å²) >= 11 is 5.93. The number of aromatic nitrogens is 2. The molecule has 2 aromatic rings. The normalized spacial score (nSPS) is 14.7. The van der Waals surface area contributed by atoms with Crippen LogP contribution in [-0.2, 0) is 24.8 Å². The van der Waals surface area contributed by atoms with E-state index in [1.54, 1.807) is 7.05 Å². The van der Waals surface area contributed by atoms with E-state index in [4.69, 9.17) is 11.6 Å². The fourth-order valence-corrected chi connectivity index (χ4v) is 3.42. The molecule has 1 aliphatic rings. The summed E-state index contributed by atoms with van der Waals surface area (Å²) in [7, 11) is 3.68. The summed E-state index contributed by atoms with van der Waals surface area (Å²) in [4.78, 5) is 20.8. The molecule has 0 unspecified atom stereocenters. The summed E-state index contributed by atoms with van der Waals surface area (Å²) in [5.41, 5.74) is 2.31. The third-order valence-corrected chi connectivity index (χ3v) is 5.05. The highest BCUT2D eigenvalue weighted by Gasteiger charge is 2.25. The van der Waals surface area contributed by atoms with Gasteiger partial charge in [0.05, 0.1) is 12.7 Å². The van der Waals surface area contributed by atoms with Gasteiger partial charge in [-0.25, -0.2) is 0 Å². The molecule has 2 heterocycles. The number of aryl methyl sites for hydroxylation is 2. The number of amides is 1. The third-order valence-electron chi connectivity index (χ3n) is 4.80. The van der Waals surface area contributed by atoms with Crippen molar-refractivity contribution in [3.8, 4) is 0 Å². The van der Waals surface area contributed by atoms with Gasteiger partial charge >= 0.3 is 0 Å². The van der Waals surface area contributed by atoms with E-state index >= 15 is 0 Å². The Kier molecular flexibility index (Phi) is 9.22. The number of rotatable bonds is 6. The Morgan fingerprint density at radius 2 is 2.00 bits per heavy atom. The van der Waals surface area contributed by atoms with Crippen molar-refractivity contribution in [3.63, 3.8) is 0 Å². The van der Waals surface area contributed by atoms with Crippen LogP contribution in [0.1, 0.15) is 17.5 Å². The lowest BCUT2D eigenvalue weighted by atomic mass is 10.2. The Bertz CT molecular complexity index is 823. The highest BCUT2D eigenvalue weighted by molar-refractivity contribution is 14.0. The molecule has 3 rings (SSSR count). The smallest absolute Gasteiger partial charge is 0.242 e. The van der Waals surface area contributed by atoms with Crippen LogP contribution in [0.3, 0.4) is 0 Å². The highest BCUT2D eigenvalue weighted by atomic mass is 127. The fraction of sp³-hybridized carbons (Fsp3) is 0.450. The van der Waals surface area contributed by atoms with Crippen molar-refractivity contribution in [3.05, 3.63) is 52.8 Å². The van der Waals surface area contributed by atoms with Crippen molar-refractivity contribution in [2.24, 2.45) is 12.0 Å². The number of halogens is 2. The zero-order chi connectivity index (χ0) is 19.9. The summed E-state index contributed by atoms with van der Waals surface area (Å²) in [5, 5.41) is 8.26. The molecule has 0 atom stereocenters. The molecule has 9 heteroatoms. The molecule has 0 radical (unpaired) electrons. The van der Waals surface area contributed by atoms with E-state index in [1.165, 1.54) is 5.56 Å². The molecule has 0 saturated carbocycles. The number of guanidine groups is 1. The van der Waals surface area contributed by atoms with Crippen LogP contribution in [0.5, 0.6) is 0 Å². The largest absolute Gasteiger partial charge is 0.356 e. The summed E-state index contributed by atoms with van der Waals surface area (Å²) in [6, 6.07) is 7.64. The maximum atomic E-state index is 12.6. The van der Waals surface area contributed by atoms with Gasteiger partial charge in [-0.3, -0.25) is 14.5 Å². The second-order valence-corrected chi connectivity index (χ2v) is 7.40. The molecular formula is C20H28ClIN6O. The summed E-state index contributed by atoms with van der Waals surface area (Å²) in [6.07, 6.45) is 5.88. The number of hydrogen-bond donors (Lipinski definition) is 1. The lowest BCUT2D eigenvalue weighted by molar-refractivity contribution is -0.135. The second-order valence-electron chi connectivity index (χ2n) is 6.96. The molecule has 29 heavy (non-hydrogen) atoms. The lowest BCUT2D eigenvalue weighted by Crippen LogP contribution is -2.55. The average molecular weight is 531 g/mol. The Hall–Kier alpha value is -1.81. The Morgan fingerprint density at radius 3 is 2.62 bits per heavy atom. The zero-order valence-corrected chi connectivity index (χ0v) is 19.9. The maximum absolute atomic E-state index is 12.6. The third kappa shape index (κ3) is 6.88. The molecule has 1 saturated heterocycles. The van der Waals surface area contributed by atoms with Gasteiger partial charge in [-0.2, -0.15) is 5.10 Å². The van der Waals surface area contributed by atoms with Gasteiger partial charge in [0.25, 0.3) is 0 Å². The van der Waals surface area contributed by atoms with E-state index in [9.17, 15) is 4.79 Å². The minimum atomic E-state index is 0. The SMILES string of the molecule is CN=C(NCCCc1cnn(C)c1)N1CCN(Cc2ccc(Cl)cc2)C(=O)C1.I. The van der Waals surface area contributed by atoms with Crippen LogP contribution in [-0.4, -0.2) is 64.7 Å². The van der Waals surface area contributed by atoms with Crippen molar-refractivity contribution in [2.75, 3.05) is 33.2 Å². The molecule has 1 aromatic carbocycles. The average Bonchev–Trinajstić information content (AvgIpc) is 3.10. The minimum Gasteiger partial charge on any atom is -0.356 e. The minimum absolute atomic E-state index is 0. The standard InChI is InChI=1S/C20H27ClN6O.HI/c1-22-20(23-9-3-4-17-12-24-25(2)13-17)27-11-10-26(19(28)15-27)14-16-5-7-18(21)8-6-16;/h5-8,12-13H,3-4,9-11,14-15H2,1-2H3,(H,22,23);1H. The predicted molar refractivity (Wildman–Crippen MR) is 127 cm³/mol. The highest BCUT2D eigenvalue weighted by Crippen LogP contribution is 2.13. The van der Waals surface area contributed by atoms with Gasteiger partial charge in [-0.1, -0.05) is 23.7 Å². The Balaban J connectivity index is 0.00000300. The first kappa shape index (κ1) is 23.5. The van der Waals surface area contributed by atoms with Crippen LogP contribution in [0.15, 0.2) is 41.7 Å². The van der Waals surface area contributed by atoms with Crippen LogP contribution in [0.4, 0.5) is 0 Å². The summed E-state index contributed by atoms with van der Waals surface area (Å²) in [5.74, 6) is 0.894. The lowest BCUT2D eigenvalue weighted by Gasteiger charge is -2.36. The number of carbonyl (C=O) groups excluding carboxylic acids is 1. The predicted octanol–water partition coefficient (Wildman–Crippen LogP) is 2.54. The van der Waals surface area contributed by atoms with E-state index in [2.05, 4.69) is 15.4 Å². The van der Waals surface area contributed by atoms with Gasteiger partial charge in [-0.15, -0.1) is 24.0 Å². The molecule has 1 amide bonds. The van der Waals surface area contributed by atoms with E-state index < -0.39 is 0 Å². The van der Waals surface area contributed by atoms with E-state index in [0.717, 1.165) is 37.5 Å². The molecule has 7 nitrogen and oxygen atoms in total. The van der Waals surface area contributed by atoms with Crippen molar-refractivity contribution < 1.29 is 4.79 Å². The number of aliphatic imine (C=N–C) groups is 1. The van der Waals surface area contributed by atoms with Gasteiger partial charge in [0, 0.05) is 51.5 Å². The van der Waals surface area contributed by atoms with Crippen LogP contribution in [0, 0.1) is 0 Å². The van der Waals surface area contributed by atoms with Gasteiger partial charge in [0.1, 0.15) is 0 Å². The quantitative estimate of drug-likeness (QED) is 0.270. The topological polar surface area (TPSA) is 65.8 Å². The number of nitrogens with zero attached hydrogens (tertiary/aromatic N) is 5. The first-order valence-electron chi connectivity index (χ1n) is 9.50. The van der Waals surface area contributed by atoms with Crippen molar-refractivity contribution >= 4 is 47.4 Å². The molecule has 0 aliphatic carbocycles. The molecule has 1 aromatic heterocycles. The monoisotopic (exact) mass is 530 g/mol. The molecule has 1 N–H and O–H groups in total. The Morgan fingerprint density at radius 1 is 1.24 bits per heavy atom. The second kappa shape index (κ2) is 11.4. The Labute approximate surface area is 194 Å². The van der Waals surface area contributed by atoms with Gasteiger partial charge in [0.2, 0.25) is 5.91 Å². The van der Waals surface area contributed by atoms with E-state index in [0.29, 0.717) is 24.7 Å². The van der Waals surface area contributed by atoms with E-state index in [-0.39, 0.29) is 29.9 Å². The van der Waals surface area contributed by atoms with Crippen LogP contribution >= 0.6 is 35.6 Å². The molecule has 158 valence electrons. The first-order valence-corrected chi connectivity index (χ1v) is 9.88. The number of piperazine rings is 1. The molecule has 1 fully saturated rings. The van der Waals surface area contributed by atoms with Gasteiger partial charge in [0.15, 0.2) is 5.96 Å². The van der Waals surface area contributed by atoms with Crippen molar-refractivity contribution in [1.82, 2.24) is 24.9 Å². The van der Waals surface area contributed by atoms with E-state index in [1.807, 2.05) is 58.2 Å². The van der Waals surface area contributed by atoms with Gasteiger partial charge in [-0.05, 0) is 36.1 Å². The number of carbonyl (C=O) groups is 1. The molecule has 0 bridgehead atoms. The fourth-order valence-electron chi connectivity index (χ4n) is 3.29. The molecule has 0 spiro atoms.